The molecule has 0 aromatic rings. The Morgan fingerprint density at radius 3 is 1.64 bits per heavy atom. The van der Waals surface area contributed by atoms with E-state index >= 15 is 0 Å². The molecule has 0 radical (unpaired) electrons. The number of carbonyl (C=O) groups is 6. The van der Waals surface area contributed by atoms with Gasteiger partial charge in [-0.05, 0) is 66.5 Å². The second-order valence-electron chi connectivity index (χ2n) is 14.0. The molecule has 0 saturated carbocycles. The Balaban J connectivity index is 0.00000332. The van der Waals surface area contributed by atoms with Crippen LogP contribution in [-0.4, -0.2) is 89.0 Å². The lowest BCUT2D eigenvalue weighted by Gasteiger charge is -2.17. The van der Waals surface area contributed by atoms with Gasteiger partial charge in [0.05, 0.1) is 18.6 Å². The van der Waals surface area contributed by atoms with Crippen molar-refractivity contribution >= 4 is 104 Å². The van der Waals surface area contributed by atoms with Crippen LogP contribution in [0, 0.1) is 5.92 Å². The molecule has 0 aliphatic carbocycles. The number of unbranched alkanes of at least 4 members (excludes halogenated alkanes) is 14. The molecule has 13 nitrogen and oxygen atoms in total. The van der Waals surface area contributed by atoms with Crippen molar-refractivity contribution in [2.24, 2.45) is 11.7 Å². The maximum atomic E-state index is 12.4. The van der Waals surface area contributed by atoms with Crippen LogP contribution in [-0.2, 0) is 28.8 Å². The highest BCUT2D eigenvalue weighted by atomic mass is 33.2. The van der Waals surface area contributed by atoms with Crippen LogP contribution in [0.3, 0.4) is 0 Å². The molecule has 8 N–H and O–H groups in total. The molecule has 3 atom stereocenters. The maximum Gasteiger partial charge on any atom is 0.320 e. The molecule has 2 amide bonds. The summed E-state index contributed by atoms with van der Waals surface area (Å²) in [7, 11) is 7.11. The summed E-state index contributed by atoms with van der Waals surface area (Å²) in [6.07, 6.45) is 17.2. The van der Waals surface area contributed by atoms with Crippen molar-refractivity contribution in [3.63, 3.8) is 0 Å². The zero-order valence-corrected chi connectivity index (χ0v) is 37.7. The zero-order chi connectivity index (χ0) is 42.0. The fraction of sp³-hybridized carbons (Fsp3) is 0.838. The number of Topliss-reactive ketones (excluding diaryl/α,β-unsaturated/α-hetero) is 1. The predicted molar refractivity (Wildman–Crippen MR) is 238 cm³/mol. The summed E-state index contributed by atoms with van der Waals surface area (Å²) in [4.78, 5) is 69.8. The molecule has 19 heteroatoms. The van der Waals surface area contributed by atoms with Gasteiger partial charge in [-0.2, -0.15) is 12.6 Å². The summed E-state index contributed by atoms with van der Waals surface area (Å²) in [6.45, 7) is -0.0210. The number of nitrogens with one attached hydrogen (secondary N) is 2. The Kier molecular flexibility index (Phi) is 35.3. The SMILES string of the molecule is N[C@@H](CCCCNC(=O)CC[C@@H](CO)NC(=O)CC[C@H](CC(=O)CCCCCCCCCCCCCCCCC(=O)O)C(=O)O)C(=O)O.SCSSC1(S)SS1. The number of carboxylic acid groups (broad SMARTS) is 3. The number of nitrogens with two attached hydrogens (primary N) is 1. The van der Waals surface area contributed by atoms with Gasteiger partial charge in [0, 0.05) is 43.7 Å². The zero-order valence-electron chi connectivity index (χ0n) is 32.7. The second-order valence-corrected chi connectivity index (χ2v) is 22.1. The Hall–Kier alpha value is -0.960. The Labute approximate surface area is 360 Å². The number of thiol groups is 2. The van der Waals surface area contributed by atoms with Crippen molar-refractivity contribution in [2.45, 2.75) is 169 Å². The molecular weight excluding hydrogens is 839 g/mol. The van der Waals surface area contributed by atoms with Crippen molar-refractivity contribution in [3.05, 3.63) is 0 Å². The first-order valence-corrected chi connectivity index (χ1v) is 25.4. The van der Waals surface area contributed by atoms with E-state index in [2.05, 4.69) is 35.9 Å². The van der Waals surface area contributed by atoms with Gasteiger partial charge in [-0.3, -0.25) is 28.8 Å². The van der Waals surface area contributed by atoms with Gasteiger partial charge in [-0.15, -0.1) is 12.6 Å². The Morgan fingerprint density at radius 2 is 1.18 bits per heavy atom. The molecule has 0 aromatic heterocycles. The van der Waals surface area contributed by atoms with Crippen molar-refractivity contribution < 1.29 is 49.2 Å². The number of amides is 2. The van der Waals surface area contributed by atoms with E-state index in [1.54, 1.807) is 43.2 Å². The second kappa shape index (κ2) is 35.9. The van der Waals surface area contributed by atoms with Gasteiger partial charge in [0.1, 0.15) is 11.8 Å². The van der Waals surface area contributed by atoms with Crippen LogP contribution >= 0.6 is 68.4 Å². The van der Waals surface area contributed by atoms with Crippen LogP contribution in [0.15, 0.2) is 0 Å². The van der Waals surface area contributed by atoms with Gasteiger partial charge >= 0.3 is 17.9 Å². The number of aliphatic carboxylic acids is 3. The summed E-state index contributed by atoms with van der Waals surface area (Å²) in [5, 5.41) is 42.8. The highest BCUT2D eigenvalue weighted by Crippen LogP contribution is 2.75. The minimum Gasteiger partial charge on any atom is -0.481 e. The number of carboxylic acids is 3. The van der Waals surface area contributed by atoms with E-state index in [0.717, 1.165) is 50.0 Å². The van der Waals surface area contributed by atoms with Crippen LogP contribution in [0.5, 0.6) is 0 Å². The van der Waals surface area contributed by atoms with Gasteiger partial charge in [-0.1, -0.05) is 98.6 Å². The molecule has 0 aromatic carbocycles. The maximum absolute atomic E-state index is 12.4. The van der Waals surface area contributed by atoms with Crippen LogP contribution < -0.4 is 16.4 Å². The Bertz CT molecular complexity index is 1120. The number of aliphatic hydroxyl groups is 1. The topological polar surface area (TPSA) is 233 Å². The normalized spacial score (nSPS) is 14.4. The summed E-state index contributed by atoms with van der Waals surface area (Å²) in [5.74, 6) is -4.69. The third-order valence-corrected chi connectivity index (χ3v) is 17.9. The Morgan fingerprint density at radius 1 is 0.661 bits per heavy atom. The van der Waals surface area contributed by atoms with E-state index < -0.39 is 41.8 Å². The highest BCUT2D eigenvalue weighted by Gasteiger charge is 2.43. The molecule has 1 aliphatic rings. The average molecular weight is 906 g/mol. The molecule has 0 spiro atoms. The van der Waals surface area contributed by atoms with E-state index in [-0.39, 0.29) is 59.6 Å². The van der Waals surface area contributed by atoms with Crippen LogP contribution in [0.4, 0.5) is 0 Å². The fourth-order valence-electron chi connectivity index (χ4n) is 5.62. The molecule has 1 fully saturated rings. The molecule has 1 heterocycles. The number of aliphatic hydroxyl groups excluding tert-OH is 1. The van der Waals surface area contributed by atoms with Gasteiger partial charge in [0.25, 0.3) is 0 Å². The van der Waals surface area contributed by atoms with Crippen LogP contribution in [0.25, 0.3) is 0 Å². The lowest BCUT2D eigenvalue weighted by atomic mass is 9.94. The van der Waals surface area contributed by atoms with Crippen LogP contribution in [0.2, 0.25) is 0 Å². The van der Waals surface area contributed by atoms with Crippen molar-refractivity contribution in [3.8, 4) is 0 Å². The van der Waals surface area contributed by atoms with Crippen molar-refractivity contribution in [1.29, 1.82) is 0 Å². The molecule has 1 aliphatic heterocycles. The van der Waals surface area contributed by atoms with E-state index in [1.165, 1.54) is 44.9 Å². The summed E-state index contributed by atoms with van der Waals surface area (Å²) in [5.41, 5.74) is 5.43. The average Bonchev–Trinajstić information content (AvgIpc) is 3.90. The van der Waals surface area contributed by atoms with Gasteiger partial charge in [0.15, 0.2) is 2.74 Å². The molecule has 56 heavy (non-hydrogen) atoms. The number of hydrogen-bond acceptors (Lipinski definition) is 14. The molecule has 1 rings (SSSR count). The lowest BCUT2D eigenvalue weighted by molar-refractivity contribution is -0.144. The summed E-state index contributed by atoms with van der Waals surface area (Å²) >= 11 is 8.38. The predicted octanol–water partition coefficient (Wildman–Crippen LogP) is 7.90. The largest absolute Gasteiger partial charge is 0.481 e. The molecule has 0 bridgehead atoms. The van der Waals surface area contributed by atoms with Crippen molar-refractivity contribution in [2.75, 3.05) is 18.2 Å². The minimum absolute atomic E-state index is 0.00384. The van der Waals surface area contributed by atoms with Gasteiger partial charge < -0.3 is 36.8 Å². The lowest BCUT2D eigenvalue weighted by Crippen LogP contribution is -2.39. The standard InChI is InChI=1S/C35H63N3O10.C2H4S6/c36-30(35(47)48)18-15-16-24-37-31(41)23-21-28(26-39)38-32(42)22-20-27(34(45)46)25-29(40)17-13-11-9-7-5-3-1-2-4-6-8-10-12-14-19-33(43)44;3-1-5-6-2(4)7-8-2/h27-28,30,39H,1-26,36H2,(H,37,41)(H,38,42)(H,43,44)(H,45,46)(H,47,48);3-4H,1H2/t27-,28+,30+;/m1./s1. The molecule has 1 saturated heterocycles. The van der Waals surface area contributed by atoms with E-state index in [1.807, 2.05) is 0 Å². The van der Waals surface area contributed by atoms with E-state index in [0.29, 0.717) is 32.2 Å². The highest BCUT2D eigenvalue weighted by molar-refractivity contribution is 9.07. The van der Waals surface area contributed by atoms with Crippen molar-refractivity contribution in [1.82, 2.24) is 10.6 Å². The summed E-state index contributed by atoms with van der Waals surface area (Å²) in [6, 6.07) is -1.59. The number of rotatable bonds is 37. The summed E-state index contributed by atoms with van der Waals surface area (Å²) < 4.78 is 0.160. The monoisotopic (exact) mass is 905 g/mol. The number of ketones is 1. The van der Waals surface area contributed by atoms with Crippen LogP contribution in [0.1, 0.15) is 154 Å². The first-order valence-electron chi connectivity index (χ1n) is 19.8. The minimum atomic E-state index is -1.12. The van der Waals surface area contributed by atoms with Gasteiger partial charge in [-0.25, -0.2) is 0 Å². The van der Waals surface area contributed by atoms with E-state index in [9.17, 15) is 39.0 Å². The number of hydrogen-bond donors (Lipinski definition) is 9. The van der Waals surface area contributed by atoms with E-state index in [4.69, 9.17) is 15.9 Å². The first kappa shape index (κ1) is 55.0. The third kappa shape index (κ3) is 35.0. The first-order chi connectivity index (χ1) is 26.7. The molecular formula is C37H67N3O10S6. The molecule has 0 unspecified atom stereocenters. The molecule has 326 valence electrons. The quantitative estimate of drug-likeness (QED) is 0.00948. The number of carbonyl (C=O) groups excluding carboxylic acids is 3. The van der Waals surface area contributed by atoms with Gasteiger partial charge in [0.2, 0.25) is 11.8 Å². The third-order valence-electron chi connectivity index (χ3n) is 8.97. The smallest absolute Gasteiger partial charge is 0.320 e. The fourth-order valence-corrected chi connectivity index (χ4v) is 11.4.